The van der Waals surface area contributed by atoms with E-state index in [0.29, 0.717) is 12.5 Å². The summed E-state index contributed by atoms with van der Waals surface area (Å²) in [5, 5.41) is 15.6. The third-order valence-electron chi connectivity index (χ3n) is 3.82. The highest BCUT2D eigenvalue weighted by Crippen LogP contribution is 2.27. The maximum atomic E-state index is 11.5. The van der Waals surface area contributed by atoms with Crippen molar-refractivity contribution < 1.29 is 9.90 Å². The molecule has 2 rings (SSSR count). The van der Waals surface area contributed by atoms with Crippen molar-refractivity contribution in [3.05, 3.63) is 0 Å². The van der Waals surface area contributed by atoms with Gasteiger partial charge in [-0.3, -0.25) is 4.79 Å². The number of amides is 1. The maximum Gasteiger partial charge on any atom is 0.233 e. The first-order valence-electron chi connectivity index (χ1n) is 6.89. The molecule has 0 radical (unpaired) electrons. The third-order valence-corrected chi connectivity index (χ3v) is 3.82. The normalized spacial score (nSPS) is 29.0. The molecule has 0 aromatic rings. The Balaban J connectivity index is 1.48. The van der Waals surface area contributed by atoms with Crippen LogP contribution in [0.4, 0.5) is 0 Å². The second-order valence-corrected chi connectivity index (χ2v) is 5.55. The van der Waals surface area contributed by atoms with E-state index in [4.69, 9.17) is 0 Å². The molecule has 0 spiro atoms. The minimum absolute atomic E-state index is 0.0897. The smallest absolute Gasteiger partial charge is 0.233 e. The largest absolute Gasteiger partial charge is 0.393 e. The van der Waals surface area contributed by atoms with E-state index in [1.54, 1.807) is 0 Å². The van der Waals surface area contributed by atoms with E-state index in [0.717, 1.165) is 44.7 Å². The van der Waals surface area contributed by atoms with Crippen molar-refractivity contribution >= 4 is 5.91 Å². The van der Waals surface area contributed by atoms with Crippen molar-refractivity contribution in [1.82, 2.24) is 10.6 Å². The van der Waals surface area contributed by atoms with Crippen LogP contribution in [0.3, 0.4) is 0 Å². The number of aliphatic hydroxyl groups is 1. The van der Waals surface area contributed by atoms with Gasteiger partial charge in [-0.25, -0.2) is 0 Å². The van der Waals surface area contributed by atoms with Crippen LogP contribution in [-0.2, 0) is 4.79 Å². The van der Waals surface area contributed by atoms with Gasteiger partial charge in [-0.15, -0.1) is 0 Å². The summed E-state index contributed by atoms with van der Waals surface area (Å²) in [5.74, 6) is 1.50. The maximum absolute atomic E-state index is 11.5. The number of hydrogen-bond donors (Lipinski definition) is 3. The van der Waals surface area contributed by atoms with Crippen LogP contribution in [0.5, 0.6) is 0 Å². The summed E-state index contributed by atoms with van der Waals surface area (Å²) in [7, 11) is 0. The first kappa shape index (κ1) is 12.8. The highest BCUT2D eigenvalue weighted by Gasteiger charge is 2.22. The summed E-state index contributed by atoms with van der Waals surface area (Å²) in [4.78, 5) is 11.5. The van der Waals surface area contributed by atoms with Gasteiger partial charge in [0, 0.05) is 6.54 Å². The second kappa shape index (κ2) is 6.36. The number of rotatable bonds is 6. The molecule has 2 aliphatic rings. The van der Waals surface area contributed by atoms with Crippen molar-refractivity contribution in [3.8, 4) is 0 Å². The van der Waals surface area contributed by atoms with E-state index in [-0.39, 0.29) is 12.0 Å². The summed E-state index contributed by atoms with van der Waals surface area (Å²) >= 11 is 0. The van der Waals surface area contributed by atoms with E-state index in [1.807, 2.05) is 0 Å². The van der Waals surface area contributed by atoms with Gasteiger partial charge in [0.2, 0.25) is 5.91 Å². The Morgan fingerprint density at radius 3 is 2.24 bits per heavy atom. The number of aliphatic hydroxyl groups excluding tert-OH is 1. The molecule has 0 aromatic carbocycles. The van der Waals surface area contributed by atoms with Crippen molar-refractivity contribution in [2.24, 2.45) is 11.8 Å². The van der Waals surface area contributed by atoms with Gasteiger partial charge in [-0.2, -0.15) is 0 Å². The van der Waals surface area contributed by atoms with Crippen LogP contribution in [0, 0.1) is 11.8 Å². The molecule has 1 amide bonds. The molecule has 2 saturated carbocycles. The molecule has 0 atom stereocenters. The van der Waals surface area contributed by atoms with Crippen LogP contribution in [0.15, 0.2) is 0 Å². The van der Waals surface area contributed by atoms with Gasteiger partial charge in [-0.1, -0.05) is 0 Å². The van der Waals surface area contributed by atoms with Crippen molar-refractivity contribution in [3.63, 3.8) is 0 Å². The van der Waals surface area contributed by atoms with Crippen LogP contribution < -0.4 is 10.6 Å². The average molecular weight is 240 g/mol. The van der Waals surface area contributed by atoms with Crippen LogP contribution in [-0.4, -0.2) is 36.8 Å². The molecule has 0 aromatic heterocycles. The summed E-state index contributed by atoms with van der Waals surface area (Å²) < 4.78 is 0. The molecule has 2 fully saturated rings. The van der Waals surface area contributed by atoms with Crippen LogP contribution in [0.2, 0.25) is 0 Å². The Kier molecular flexibility index (Phi) is 4.80. The number of carbonyl (C=O) groups excluding carboxylic acids is 1. The fourth-order valence-corrected chi connectivity index (χ4v) is 2.38. The average Bonchev–Trinajstić information content (AvgIpc) is 3.13. The van der Waals surface area contributed by atoms with Gasteiger partial charge in [0.15, 0.2) is 0 Å². The topological polar surface area (TPSA) is 61.4 Å². The monoisotopic (exact) mass is 240 g/mol. The summed E-state index contributed by atoms with van der Waals surface area (Å²) in [5.41, 5.74) is 0. The summed E-state index contributed by atoms with van der Waals surface area (Å²) in [6.45, 7) is 2.20. The van der Waals surface area contributed by atoms with Gasteiger partial charge < -0.3 is 15.7 Å². The number of hydrogen-bond acceptors (Lipinski definition) is 3. The number of carbonyl (C=O) groups is 1. The van der Waals surface area contributed by atoms with E-state index >= 15 is 0 Å². The zero-order chi connectivity index (χ0) is 12.1. The Morgan fingerprint density at radius 1 is 1.00 bits per heavy atom. The van der Waals surface area contributed by atoms with E-state index in [1.165, 1.54) is 12.8 Å². The molecule has 0 bridgehead atoms. The zero-order valence-corrected chi connectivity index (χ0v) is 10.5. The molecule has 17 heavy (non-hydrogen) atoms. The summed E-state index contributed by atoms with van der Waals surface area (Å²) in [6.07, 6.45) is 6.46. The van der Waals surface area contributed by atoms with Gasteiger partial charge in [-0.05, 0) is 56.9 Å². The van der Waals surface area contributed by atoms with E-state index in [2.05, 4.69) is 10.6 Å². The molecule has 0 heterocycles. The van der Waals surface area contributed by atoms with Crippen LogP contribution in [0.25, 0.3) is 0 Å². The van der Waals surface area contributed by atoms with Crippen molar-refractivity contribution in [2.75, 3.05) is 19.6 Å². The second-order valence-electron chi connectivity index (χ2n) is 5.55. The van der Waals surface area contributed by atoms with Crippen molar-refractivity contribution in [1.29, 1.82) is 0 Å². The highest BCUT2D eigenvalue weighted by molar-refractivity contribution is 5.77. The lowest BCUT2D eigenvalue weighted by Crippen LogP contribution is -2.37. The van der Waals surface area contributed by atoms with E-state index < -0.39 is 0 Å². The standard InChI is InChI=1S/C13H24N2O2/c16-12-5-3-10(4-6-12)7-14-9-13(17)15-8-11-1-2-11/h10-12,14,16H,1-9H2,(H,15,17). The Morgan fingerprint density at radius 2 is 1.59 bits per heavy atom. The number of nitrogens with one attached hydrogen (secondary N) is 2. The van der Waals surface area contributed by atoms with Crippen molar-refractivity contribution in [2.45, 2.75) is 44.6 Å². The first-order valence-corrected chi connectivity index (χ1v) is 6.89. The molecule has 2 aliphatic carbocycles. The van der Waals surface area contributed by atoms with Crippen LogP contribution in [0.1, 0.15) is 38.5 Å². The molecule has 4 heteroatoms. The lowest BCUT2D eigenvalue weighted by molar-refractivity contribution is -0.120. The quantitative estimate of drug-likeness (QED) is 0.639. The molecule has 0 unspecified atom stereocenters. The highest BCUT2D eigenvalue weighted by atomic mass is 16.3. The molecular formula is C13H24N2O2. The predicted molar refractivity (Wildman–Crippen MR) is 66.6 cm³/mol. The molecule has 3 N–H and O–H groups in total. The Hall–Kier alpha value is -0.610. The minimum atomic E-state index is -0.0897. The molecule has 4 nitrogen and oxygen atoms in total. The van der Waals surface area contributed by atoms with E-state index in [9.17, 15) is 9.90 Å². The third kappa shape index (κ3) is 5.04. The first-order chi connectivity index (χ1) is 8.24. The van der Waals surface area contributed by atoms with Gasteiger partial charge in [0.05, 0.1) is 12.6 Å². The van der Waals surface area contributed by atoms with Gasteiger partial charge in [0.25, 0.3) is 0 Å². The summed E-state index contributed by atoms with van der Waals surface area (Å²) in [6, 6.07) is 0. The molecular weight excluding hydrogens is 216 g/mol. The fraction of sp³-hybridized carbons (Fsp3) is 0.923. The zero-order valence-electron chi connectivity index (χ0n) is 10.5. The van der Waals surface area contributed by atoms with Gasteiger partial charge in [0.1, 0.15) is 0 Å². The van der Waals surface area contributed by atoms with Gasteiger partial charge >= 0.3 is 0 Å². The molecule has 0 aliphatic heterocycles. The SMILES string of the molecule is O=C(CNCC1CCC(O)CC1)NCC1CC1. The minimum Gasteiger partial charge on any atom is -0.393 e. The Labute approximate surface area is 103 Å². The predicted octanol–water partition coefficient (Wildman–Crippen LogP) is 0.653. The lowest BCUT2D eigenvalue weighted by Gasteiger charge is -2.25. The molecule has 0 saturated heterocycles. The lowest BCUT2D eigenvalue weighted by atomic mass is 9.87. The fourth-order valence-electron chi connectivity index (χ4n) is 2.38. The van der Waals surface area contributed by atoms with Crippen LogP contribution >= 0.6 is 0 Å². The Bertz CT molecular complexity index is 246. The molecule has 98 valence electrons.